The van der Waals surface area contributed by atoms with E-state index >= 15 is 0 Å². The maximum absolute atomic E-state index is 11.6. The molecule has 1 atom stereocenters. The molecule has 4 N–H and O–H groups in total. The van der Waals surface area contributed by atoms with Crippen molar-refractivity contribution in [3.63, 3.8) is 0 Å². The van der Waals surface area contributed by atoms with Gasteiger partial charge >= 0.3 is 0 Å². The van der Waals surface area contributed by atoms with E-state index in [1.165, 1.54) is 29.1 Å². The number of nitrogens with two attached hydrogens (primary N) is 1. The standard InChI is InChI=1S/C26H28ClN5OS/c1-5-20-25(27)24(15(3)17-6-8-18(28)9-7-17)21(31-20)10-14(2)16(4)34-19-11-22-26(29-12-19)30-13-23(33)32-22/h6,10-13,18,31H,2,4-5,7-9,28H2,1,3H3,(H,32,33). The Morgan fingerprint density at radius 3 is 2.79 bits per heavy atom. The van der Waals surface area contributed by atoms with Crippen LogP contribution in [0.25, 0.3) is 22.8 Å². The van der Waals surface area contributed by atoms with Gasteiger partial charge in [0.1, 0.15) is 0 Å². The molecule has 3 aromatic heterocycles. The van der Waals surface area contributed by atoms with Gasteiger partial charge in [-0.05, 0) is 61.5 Å². The molecule has 0 amide bonds. The average molecular weight is 494 g/mol. The van der Waals surface area contributed by atoms with Gasteiger partial charge in [-0.2, -0.15) is 0 Å². The Morgan fingerprint density at radius 1 is 1.32 bits per heavy atom. The summed E-state index contributed by atoms with van der Waals surface area (Å²) in [6.07, 6.45) is 10.8. The number of aromatic nitrogens is 4. The second kappa shape index (κ2) is 10.2. The lowest BCUT2D eigenvalue weighted by molar-refractivity contribution is 0.597. The van der Waals surface area contributed by atoms with Gasteiger partial charge in [0.05, 0.1) is 16.7 Å². The van der Waals surface area contributed by atoms with Gasteiger partial charge in [0, 0.05) is 38.3 Å². The molecule has 0 saturated carbocycles. The predicted octanol–water partition coefficient (Wildman–Crippen LogP) is 4.11. The number of halogens is 1. The van der Waals surface area contributed by atoms with Gasteiger partial charge in [-0.1, -0.05) is 49.5 Å². The van der Waals surface area contributed by atoms with Crippen molar-refractivity contribution in [1.82, 2.24) is 19.9 Å². The molecule has 0 radical (unpaired) electrons. The molecule has 0 saturated heterocycles. The molecule has 4 rings (SSSR count). The molecule has 3 aromatic rings. The Balaban J connectivity index is 1.68. The van der Waals surface area contributed by atoms with Crippen molar-refractivity contribution < 1.29 is 0 Å². The van der Waals surface area contributed by atoms with E-state index in [2.05, 4.69) is 53.0 Å². The molecule has 3 heterocycles. The van der Waals surface area contributed by atoms with Crippen LogP contribution in [-0.2, 0) is 6.42 Å². The van der Waals surface area contributed by atoms with Crippen LogP contribution in [0.1, 0.15) is 38.8 Å². The van der Waals surface area contributed by atoms with Gasteiger partial charge in [-0.25, -0.2) is 9.97 Å². The summed E-state index contributed by atoms with van der Waals surface area (Å²) in [6.45, 7) is 12.6. The zero-order valence-electron chi connectivity index (χ0n) is 19.4. The van der Waals surface area contributed by atoms with Gasteiger partial charge in [0.15, 0.2) is 5.65 Å². The van der Waals surface area contributed by atoms with E-state index in [9.17, 15) is 4.79 Å². The summed E-state index contributed by atoms with van der Waals surface area (Å²) < 4.78 is 0. The van der Waals surface area contributed by atoms with Crippen LogP contribution in [-0.4, -0.2) is 26.0 Å². The van der Waals surface area contributed by atoms with E-state index in [1.54, 1.807) is 6.20 Å². The monoisotopic (exact) mass is 493 g/mol. The summed E-state index contributed by atoms with van der Waals surface area (Å²) in [7, 11) is 0. The average Bonchev–Trinajstić information content (AvgIpc) is 3.13. The first kappa shape index (κ1) is 24.3. The second-order valence-corrected chi connectivity index (χ2v) is 9.98. The summed E-state index contributed by atoms with van der Waals surface area (Å²) in [5.74, 6) is 0. The van der Waals surface area contributed by atoms with E-state index in [-0.39, 0.29) is 11.6 Å². The first-order valence-electron chi connectivity index (χ1n) is 11.2. The molecule has 1 aliphatic rings. The van der Waals surface area contributed by atoms with Crippen molar-refractivity contribution in [1.29, 1.82) is 0 Å². The van der Waals surface area contributed by atoms with Crippen LogP contribution in [0, 0.1) is 0 Å². The highest BCUT2D eigenvalue weighted by Crippen LogP contribution is 2.31. The fraction of sp³-hybridized carbons (Fsp3) is 0.269. The summed E-state index contributed by atoms with van der Waals surface area (Å²) in [6, 6.07) is 2.07. The molecule has 8 heteroatoms. The van der Waals surface area contributed by atoms with Crippen LogP contribution in [0.15, 0.2) is 63.4 Å². The van der Waals surface area contributed by atoms with E-state index in [4.69, 9.17) is 17.3 Å². The molecule has 0 aromatic carbocycles. The van der Waals surface area contributed by atoms with Crippen molar-refractivity contribution in [2.45, 2.75) is 50.5 Å². The minimum absolute atomic E-state index is 0.230. The minimum Gasteiger partial charge on any atom is -0.357 e. The number of aromatic amines is 2. The van der Waals surface area contributed by atoms with Crippen LogP contribution in [0.2, 0.25) is 5.02 Å². The number of hydrogen-bond acceptors (Lipinski definition) is 5. The SMILES string of the molecule is C=C(C=c1[nH]c(CC)c(Cl)c1=C(C)C1=CCC(N)CC1)C(=C)Sc1cnc2ncc(=O)[nH]c2c1. The Morgan fingerprint density at radius 2 is 2.09 bits per heavy atom. The fourth-order valence-electron chi connectivity index (χ4n) is 4.06. The van der Waals surface area contributed by atoms with Crippen LogP contribution in [0.5, 0.6) is 0 Å². The molecular formula is C26H28ClN5OS. The van der Waals surface area contributed by atoms with Crippen LogP contribution in [0.4, 0.5) is 0 Å². The molecule has 0 spiro atoms. The highest BCUT2D eigenvalue weighted by Gasteiger charge is 2.15. The van der Waals surface area contributed by atoms with Gasteiger partial charge in [0.2, 0.25) is 0 Å². The van der Waals surface area contributed by atoms with Crippen molar-refractivity contribution in [2.24, 2.45) is 5.73 Å². The van der Waals surface area contributed by atoms with Crippen LogP contribution >= 0.6 is 23.4 Å². The number of allylic oxidation sites excluding steroid dienone is 2. The third-order valence-corrected chi connectivity index (χ3v) is 7.41. The van der Waals surface area contributed by atoms with E-state index < -0.39 is 0 Å². The smallest absolute Gasteiger partial charge is 0.266 e. The number of rotatable bonds is 6. The molecule has 0 bridgehead atoms. The first-order chi connectivity index (χ1) is 16.3. The molecule has 1 aliphatic carbocycles. The number of pyridine rings is 1. The Bertz CT molecular complexity index is 1500. The molecular weight excluding hydrogens is 466 g/mol. The Hall–Kier alpha value is -2.87. The van der Waals surface area contributed by atoms with Crippen LogP contribution < -0.4 is 21.9 Å². The van der Waals surface area contributed by atoms with Crippen molar-refractivity contribution in [2.75, 3.05) is 0 Å². The third kappa shape index (κ3) is 5.12. The summed E-state index contributed by atoms with van der Waals surface area (Å²) in [5, 5.41) is 2.69. The van der Waals surface area contributed by atoms with E-state index in [1.807, 2.05) is 12.1 Å². The topological polar surface area (TPSA) is 100 Å². The lowest BCUT2D eigenvalue weighted by Gasteiger charge is -2.18. The lowest BCUT2D eigenvalue weighted by Crippen LogP contribution is -2.28. The number of nitrogens with zero attached hydrogens (tertiary/aromatic N) is 2. The van der Waals surface area contributed by atoms with E-state index in [0.717, 1.165) is 62.3 Å². The highest BCUT2D eigenvalue weighted by atomic mass is 35.5. The number of hydrogen-bond donors (Lipinski definition) is 3. The van der Waals surface area contributed by atoms with Gasteiger partial charge in [0.25, 0.3) is 5.56 Å². The van der Waals surface area contributed by atoms with Crippen molar-refractivity contribution in [3.05, 3.63) is 85.4 Å². The predicted molar refractivity (Wildman–Crippen MR) is 142 cm³/mol. The Kier molecular flexibility index (Phi) is 7.26. The number of H-pyrrole nitrogens is 2. The Labute approximate surface area is 207 Å². The van der Waals surface area contributed by atoms with Gasteiger partial charge in [-0.15, -0.1) is 0 Å². The third-order valence-electron chi connectivity index (χ3n) is 6.02. The largest absolute Gasteiger partial charge is 0.357 e. The zero-order valence-corrected chi connectivity index (χ0v) is 20.9. The van der Waals surface area contributed by atoms with Crippen LogP contribution in [0.3, 0.4) is 0 Å². The maximum Gasteiger partial charge on any atom is 0.266 e. The highest BCUT2D eigenvalue weighted by molar-refractivity contribution is 8.03. The number of nitrogens with one attached hydrogen (secondary N) is 2. The zero-order chi connectivity index (χ0) is 24.4. The van der Waals surface area contributed by atoms with E-state index in [0.29, 0.717) is 11.2 Å². The molecule has 1 unspecified atom stereocenters. The van der Waals surface area contributed by atoms with Crippen molar-refractivity contribution >= 4 is 46.2 Å². The summed E-state index contributed by atoms with van der Waals surface area (Å²) in [5.41, 5.74) is 11.1. The molecule has 6 nitrogen and oxygen atoms in total. The number of aryl methyl sites for hydroxylation is 1. The summed E-state index contributed by atoms with van der Waals surface area (Å²) >= 11 is 8.24. The molecule has 176 valence electrons. The molecule has 0 aliphatic heterocycles. The van der Waals surface area contributed by atoms with Gasteiger partial charge < -0.3 is 15.7 Å². The minimum atomic E-state index is -0.266. The normalized spacial score (nSPS) is 17.6. The molecule has 34 heavy (non-hydrogen) atoms. The van der Waals surface area contributed by atoms with Crippen molar-refractivity contribution in [3.8, 4) is 0 Å². The lowest BCUT2D eigenvalue weighted by atomic mass is 9.91. The summed E-state index contributed by atoms with van der Waals surface area (Å²) in [4.78, 5) is 27.8. The maximum atomic E-state index is 11.6. The number of fused-ring (bicyclic) bond motifs is 1. The fourth-order valence-corrected chi connectivity index (χ4v) is 5.24. The first-order valence-corrected chi connectivity index (χ1v) is 12.4. The number of thioether (sulfide) groups is 1. The quantitative estimate of drug-likeness (QED) is 0.354. The molecule has 0 fully saturated rings. The second-order valence-electron chi connectivity index (χ2n) is 8.43. The van der Waals surface area contributed by atoms with Gasteiger partial charge in [-0.3, -0.25) is 4.79 Å².